The van der Waals surface area contributed by atoms with Crippen molar-refractivity contribution in [2.75, 3.05) is 27.3 Å². The normalized spacial score (nSPS) is 20.2. The minimum absolute atomic E-state index is 0.113. The number of hydrogen-bond acceptors (Lipinski definition) is 5. The number of H-pyrrole nitrogens is 1. The Morgan fingerprint density at radius 2 is 2.18 bits per heavy atom. The van der Waals surface area contributed by atoms with Crippen LogP contribution >= 0.6 is 0 Å². The van der Waals surface area contributed by atoms with Crippen LogP contribution in [0.25, 0.3) is 16.6 Å². The monoisotopic (exact) mass is 380 g/mol. The maximum Gasteiger partial charge on any atom is 0.341 e. The lowest BCUT2D eigenvalue weighted by atomic mass is 9.85. The number of benzene rings is 1. The molecule has 2 aliphatic heterocycles. The van der Waals surface area contributed by atoms with Crippen LogP contribution < -0.4 is 4.74 Å². The van der Waals surface area contributed by atoms with Crippen molar-refractivity contribution in [3.63, 3.8) is 0 Å². The second-order valence-corrected chi connectivity index (χ2v) is 7.17. The molecule has 1 aromatic heterocycles. The molecule has 1 N–H and O–H groups in total. The van der Waals surface area contributed by atoms with Crippen molar-refractivity contribution in [3.8, 4) is 5.75 Å². The first-order valence-electron chi connectivity index (χ1n) is 9.55. The summed E-state index contributed by atoms with van der Waals surface area (Å²) in [5.41, 5.74) is 5.17. The average Bonchev–Trinajstić information content (AvgIpc) is 3.12. The molecular weight excluding hydrogens is 356 g/mol. The quantitative estimate of drug-likeness (QED) is 0.290. The molecule has 0 spiro atoms. The SMILES string of the molecule is CC[C@@H]1CN2CCc3c([nH]c4cccc(OC)c34)C2=C/C1=C(\C=O)C(=O)OC. The molecule has 1 aromatic carbocycles. The third kappa shape index (κ3) is 2.71. The summed E-state index contributed by atoms with van der Waals surface area (Å²) in [5, 5.41) is 1.10. The number of carbonyl (C=O) groups is 2. The lowest BCUT2D eigenvalue weighted by Crippen LogP contribution is -2.37. The second kappa shape index (κ2) is 7.19. The van der Waals surface area contributed by atoms with E-state index in [0.717, 1.165) is 59.5 Å². The second-order valence-electron chi connectivity index (χ2n) is 7.17. The standard InChI is InChI=1S/C22H24N2O4/c1-4-13-11-24-9-8-14-20-17(6-5-7-19(20)27-2)23-21(14)18(24)10-15(13)16(12-25)22(26)28-3/h5-7,10,12-13,23H,4,8-9,11H2,1-3H3/b16-15-/t13-/m1/s1. The largest absolute Gasteiger partial charge is 0.496 e. The number of aromatic nitrogens is 1. The van der Waals surface area contributed by atoms with Crippen LogP contribution in [0.5, 0.6) is 5.75 Å². The molecule has 0 saturated carbocycles. The number of hydrogen-bond donors (Lipinski definition) is 1. The molecule has 0 radical (unpaired) electrons. The smallest absolute Gasteiger partial charge is 0.341 e. The van der Waals surface area contributed by atoms with Gasteiger partial charge in [0.2, 0.25) is 0 Å². The van der Waals surface area contributed by atoms with Gasteiger partial charge in [-0.3, -0.25) is 4.79 Å². The van der Waals surface area contributed by atoms with Crippen LogP contribution in [0.3, 0.4) is 0 Å². The van der Waals surface area contributed by atoms with E-state index in [-0.39, 0.29) is 11.5 Å². The fraction of sp³-hybridized carbons (Fsp3) is 0.364. The molecule has 1 atom stereocenters. The van der Waals surface area contributed by atoms with Gasteiger partial charge >= 0.3 is 5.97 Å². The molecular formula is C22H24N2O4. The number of fused-ring (bicyclic) bond motifs is 5. The Morgan fingerprint density at radius 1 is 1.36 bits per heavy atom. The van der Waals surface area contributed by atoms with E-state index in [1.807, 2.05) is 24.3 Å². The fourth-order valence-corrected chi connectivity index (χ4v) is 4.42. The number of allylic oxidation sites excluding steroid dienone is 1. The first-order valence-corrected chi connectivity index (χ1v) is 9.55. The van der Waals surface area contributed by atoms with Crippen LogP contribution in [0.2, 0.25) is 0 Å². The third-order valence-electron chi connectivity index (χ3n) is 5.84. The van der Waals surface area contributed by atoms with Crippen LogP contribution in [-0.4, -0.2) is 49.4 Å². The van der Waals surface area contributed by atoms with E-state index in [9.17, 15) is 9.59 Å². The van der Waals surface area contributed by atoms with Gasteiger partial charge in [0.1, 0.15) is 11.3 Å². The highest BCUT2D eigenvalue weighted by atomic mass is 16.5. The molecule has 2 aromatic rings. The molecule has 3 heterocycles. The van der Waals surface area contributed by atoms with Crippen molar-refractivity contribution < 1.29 is 19.1 Å². The number of esters is 1. The first-order chi connectivity index (χ1) is 13.6. The summed E-state index contributed by atoms with van der Waals surface area (Å²) in [6, 6.07) is 5.98. The molecule has 0 fully saturated rings. The maximum absolute atomic E-state index is 12.2. The summed E-state index contributed by atoms with van der Waals surface area (Å²) >= 11 is 0. The van der Waals surface area contributed by atoms with Gasteiger partial charge in [0.05, 0.1) is 25.6 Å². The molecule has 0 amide bonds. The Balaban J connectivity index is 1.94. The van der Waals surface area contributed by atoms with Crippen molar-refractivity contribution in [3.05, 3.63) is 46.7 Å². The van der Waals surface area contributed by atoms with E-state index in [1.54, 1.807) is 7.11 Å². The molecule has 6 nitrogen and oxygen atoms in total. The van der Waals surface area contributed by atoms with E-state index < -0.39 is 5.97 Å². The van der Waals surface area contributed by atoms with Crippen LogP contribution in [0.4, 0.5) is 0 Å². The number of carbonyl (C=O) groups excluding carboxylic acids is 2. The summed E-state index contributed by atoms with van der Waals surface area (Å²) in [5.74, 6) is 0.386. The number of nitrogens with one attached hydrogen (secondary N) is 1. The zero-order valence-corrected chi connectivity index (χ0v) is 16.4. The van der Waals surface area contributed by atoms with Gasteiger partial charge in [0, 0.05) is 29.9 Å². The van der Waals surface area contributed by atoms with Gasteiger partial charge in [0.15, 0.2) is 6.29 Å². The van der Waals surface area contributed by atoms with Gasteiger partial charge in [0.25, 0.3) is 0 Å². The highest BCUT2D eigenvalue weighted by Crippen LogP contribution is 2.42. The molecule has 6 heteroatoms. The van der Waals surface area contributed by atoms with E-state index in [4.69, 9.17) is 9.47 Å². The van der Waals surface area contributed by atoms with E-state index in [0.29, 0.717) is 6.29 Å². The summed E-state index contributed by atoms with van der Waals surface area (Å²) < 4.78 is 10.4. The van der Waals surface area contributed by atoms with Gasteiger partial charge in [-0.2, -0.15) is 0 Å². The minimum atomic E-state index is -0.580. The molecule has 0 unspecified atom stereocenters. The lowest BCUT2D eigenvalue weighted by molar-refractivity contribution is -0.136. The summed E-state index contributed by atoms with van der Waals surface area (Å²) in [7, 11) is 2.99. The molecule has 0 saturated heterocycles. The number of aromatic amines is 1. The Kier molecular flexibility index (Phi) is 4.71. The summed E-state index contributed by atoms with van der Waals surface area (Å²) in [6.45, 7) is 3.74. The van der Waals surface area contributed by atoms with Gasteiger partial charge in [-0.25, -0.2) is 4.79 Å². The van der Waals surface area contributed by atoms with Crippen LogP contribution in [0.1, 0.15) is 24.6 Å². The summed E-state index contributed by atoms with van der Waals surface area (Å²) in [6.07, 6.45) is 4.37. The highest BCUT2D eigenvalue weighted by molar-refractivity contribution is 6.09. The van der Waals surface area contributed by atoms with Gasteiger partial charge in [-0.15, -0.1) is 0 Å². The predicted octanol–water partition coefficient (Wildman–Crippen LogP) is 3.08. The van der Waals surface area contributed by atoms with E-state index in [2.05, 4.69) is 16.8 Å². The zero-order chi connectivity index (χ0) is 19.8. The number of aldehydes is 1. The third-order valence-corrected chi connectivity index (χ3v) is 5.84. The average molecular weight is 380 g/mol. The molecule has 4 rings (SSSR count). The Hall–Kier alpha value is -3.02. The van der Waals surface area contributed by atoms with Gasteiger partial charge in [-0.05, 0) is 42.2 Å². The van der Waals surface area contributed by atoms with Crippen LogP contribution in [-0.2, 0) is 20.7 Å². The Bertz CT molecular complexity index is 1010. The molecule has 28 heavy (non-hydrogen) atoms. The van der Waals surface area contributed by atoms with E-state index in [1.165, 1.54) is 12.7 Å². The lowest BCUT2D eigenvalue weighted by Gasteiger charge is -2.39. The molecule has 146 valence electrons. The minimum Gasteiger partial charge on any atom is -0.496 e. The molecule has 0 aliphatic carbocycles. The number of ether oxygens (including phenoxy) is 2. The predicted molar refractivity (Wildman–Crippen MR) is 107 cm³/mol. The molecule has 0 bridgehead atoms. The van der Waals surface area contributed by atoms with Crippen molar-refractivity contribution >= 4 is 28.9 Å². The maximum atomic E-state index is 12.2. The van der Waals surface area contributed by atoms with Gasteiger partial charge in [-0.1, -0.05) is 13.0 Å². The van der Waals surface area contributed by atoms with Gasteiger partial charge < -0.3 is 19.4 Å². The zero-order valence-electron chi connectivity index (χ0n) is 16.4. The van der Waals surface area contributed by atoms with Crippen LogP contribution in [0, 0.1) is 5.92 Å². The fourth-order valence-electron chi connectivity index (χ4n) is 4.42. The Morgan fingerprint density at radius 3 is 2.86 bits per heavy atom. The number of methoxy groups -OCH3 is 2. The van der Waals surface area contributed by atoms with E-state index >= 15 is 0 Å². The van der Waals surface area contributed by atoms with Crippen LogP contribution in [0.15, 0.2) is 35.4 Å². The van der Waals surface area contributed by atoms with Crippen molar-refractivity contribution in [1.29, 1.82) is 0 Å². The first kappa shape index (κ1) is 18.3. The summed E-state index contributed by atoms with van der Waals surface area (Å²) in [4.78, 5) is 29.7. The number of nitrogens with zero attached hydrogens (tertiary/aromatic N) is 1. The molecule has 2 aliphatic rings. The number of rotatable bonds is 4. The topological polar surface area (TPSA) is 71.6 Å². The van der Waals surface area contributed by atoms with Crippen molar-refractivity contribution in [2.45, 2.75) is 19.8 Å². The van der Waals surface area contributed by atoms with Crippen molar-refractivity contribution in [1.82, 2.24) is 9.88 Å². The van der Waals surface area contributed by atoms with Crippen molar-refractivity contribution in [2.24, 2.45) is 5.92 Å². The highest BCUT2D eigenvalue weighted by Gasteiger charge is 2.33. The Labute approximate surface area is 163 Å².